The van der Waals surface area contributed by atoms with Crippen LogP contribution in [-0.4, -0.2) is 32.8 Å². The fourth-order valence-electron chi connectivity index (χ4n) is 2.19. The number of aromatic nitrogens is 2. The zero-order valence-corrected chi connectivity index (χ0v) is 17.0. The fourth-order valence-corrected chi connectivity index (χ4v) is 5.32. The molecule has 0 aliphatic rings. The van der Waals surface area contributed by atoms with Gasteiger partial charge in [0, 0.05) is 11.8 Å². The van der Waals surface area contributed by atoms with Crippen molar-refractivity contribution in [3.63, 3.8) is 0 Å². The average Bonchev–Trinajstić information content (AvgIpc) is 3.13. The van der Waals surface area contributed by atoms with Crippen molar-refractivity contribution >= 4 is 38.3 Å². The largest absolute Gasteiger partial charge is 0.497 e. The van der Waals surface area contributed by atoms with E-state index >= 15 is 0 Å². The van der Waals surface area contributed by atoms with Crippen molar-refractivity contribution in [1.29, 1.82) is 0 Å². The smallest absolute Gasteiger partial charge is 0.267 e. The molecule has 0 aliphatic heterocycles. The lowest BCUT2D eigenvalue weighted by atomic mass is 10.2. The van der Waals surface area contributed by atoms with E-state index in [9.17, 15) is 8.42 Å². The van der Waals surface area contributed by atoms with Gasteiger partial charge in [-0.3, -0.25) is 4.72 Å². The van der Waals surface area contributed by atoms with Crippen LogP contribution in [0, 0.1) is 0 Å². The number of anilines is 1. The minimum Gasteiger partial charge on any atom is -0.497 e. The van der Waals surface area contributed by atoms with Gasteiger partial charge in [-0.1, -0.05) is 53.4 Å². The van der Waals surface area contributed by atoms with Crippen LogP contribution >= 0.6 is 23.1 Å². The van der Waals surface area contributed by atoms with Gasteiger partial charge in [0.1, 0.15) is 16.4 Å². The number of benzene rings is 2. The molecule has 0 unspecified atom stereocenters. The van der Waals surface area contributed by atoms with Gasteiger partial charge in [0.15, 0.2) is 4.34 Å². The van der Waals surface area contributed by atoms with Gasteiger partial charge in [-0.25, -0.2) is 8.42 Å². The molecule has 1 heterocycles. The summed E-state index contributed by atoms with van der Waals surface area (Å²) in [6, 6.07) is 14.5. The molecule has 142 valence electrons. The van der Waals surface area contributed by atoms with Gasteiger partial charge >= 0.3 is 0 Å². The normalized spacial score (nSPS) is 11.2. The first kappa shape index (κ1) is 19.5. The number of methoxy groups -OCH3 is 2. The van der Waals surface area contributed by atoms with Gasteiger partial charge in [-0.15, -0.1) is 10.2 Å². The third-order valence-electron chi connectivity index (χ3n) is 3.49. The van der Waals surface area contributed by atoms with Crippen LogP contribution in [0.4, 0.5) is 5.13 Å². The Hall–Kier alpha value is -2.30. The fraction of sp³-hybridized carbons (Fsp3) is 0.176. The summed E-state index contributed by atoms with van der Waals surface area (Å²) in [5.74, 6) is 1.35. The van der Waals surface area contributed by atoms with Gasteiger partial charge in [0.2, 0.25) is 5.13 Å². The van der Waals surface area contributed by atoms with Gasteiger partial charge in [-0.05, 0) is 17.7 Å². The minimum absolute atomic E-state index is 0.0296. The maximum atomic E-state index is 12.7. The van der Waals surface area contributed by atoms with Crippen molar-refractivity contribution in [3.8, 4) is 11.5 Å². The molecule has 2 aromatic carbocycles. The van der Waals surface area contributed by atoms with E-state index in [1.807, 2.05) is 30.3 Å². The topological polar surface area (TPSA) is 90.4 Å². The van der Waals surface area contributed by atoms with Crippen molar-refractivity contribution in [3.05, 3.63) is 54.1 Å². The molecule has 3 rings (SSSR count). The van der Waals surface area contributed by atoms with Gasteiger partial charge in [0.25, 0.3) is 10.0 Å². The maximum Gasteiger partial charge on any atom is 0.267 e. The average molecular weight is 424 g/mol. The molecule has 27 heavy (non-hydrogen) atoms. The summed E-state index contributed by atoms with van der Waals surface area (Å²) in [5, 5.41) is 8.15. The highest BCUT2D eigenvalue weighted by molar-refractivity contribution is 8.00. The Morgan fingerprint density at radius 1 is 1.07 bits per heavy atom. The molecule has 0 saturated heterocycles. The molecule has 3 aromatic rings. The molecule has 0 saturated carbocycles. The lowest BCUT2D eigenvalue weighted by Crippen LogP contribution is -2.14. The molecule has 1 aromatic heterocycles. The molecule has 0 spiro atoms. The monoisotopic (exact) mass is 423 g/mol. The predicted octanol–water partition coefficient (Wildman–Crippen LogP) is 3.65. The van der Waals surface area contributed by atoms with E-state index in [0.29, 0.717) is 10.1 Å². The Morgan fingerprint density at radius 3 is 2.56 bits per heavy atom. The van der Waals surface area contributed by atoms with Gasteiger partial charge in [-0.2, -0.15) is 0 Å². The summed E-state index contributed by atoms with van der Waals surface area (Å²) in [4.78, 5) is -0.0296. The van der Waals surface area contributed by atoms with Crippen molar-refractivity contribution < 1.29 is 17.9 Å². The minimum atomic E-state index is -3.90. The van der Waals surface area contributed by atoms with E-state index in [4.69, 9.17) is 9.47 Å². The number of hydrogen-bond acceptors (Lipinski definition) is 8. The molecule has 0 amide bonds. The number of sulfonamides is 1. The van der Waals surface area contributed by atoms with Crippen molar-refractivity contribution in [2.75, 3.05) is 18.9 Å². The third-order valence-corrected chi connectivity index (χ3v) is 7.03. The molecule has 0 atom stereocenters. The number of ether oxygens (including phenoxy) is 2. The van der Waals surface area contributed by atoms with E-state index in [2.05, 4.69) is 14.9 Å². The SMILES string of the molecule is COc1ccc(OC)c(S(=O)(=O)Nc2nnc(SCc3ccccc3)s2)c1. The van der Waals surface area contributed by atoms with Crippen LogP contribution in [-0.2, 0) is 15.8 Å². The third kappa shape index (κ3) is 4.90. The van der Waals surface area contributed by atoms with Crippen molar-refractivity contribution in [2.24, 2.45) is 0 Å². The highest BCUT2D eigenvalue weighted by atomic mass is 32.2. The summed E-state index contributed by atoms with van der Waals surface area (Å²) in [6.45, 7) is 0. The van der Waals surface area contributed by atoms with E-state index < -0.39 is 10.0 Å². The maximum absolute atomic E-state index is 12.7. The Balaban J connectivity index is 1.74. The molecule has 7 nitrogen and oxygen atoms in total. The second-order valence-electron chi connectivity index (χ2n) is 5.27. The van der Waals surface area contributed by atoms with Gasteiger partial charge in [0.05, 0.1) is 14.2 Å². The number of rotatable bonds is 8. The number of thioether (sulfide) groups is 1. The van der Waals surface area contributed by atoms with Crippen LogP contribution in [0.5, 0.6) is 11.5 Å². The van der Waals surface area contributed by atoms with E-state index in [1.54, 1.807) is 6.07 Å². The number of nitrogens with one attached hydrogen (secondary N) is 1. The standard InChI is InChI=1S/C17H17N3O4S3/c1-23-13-8-9-14(24-2)15(10-13)27(21,22)20-16-18-19-17(26-16)25-11-12-6-4-3-5-7-12/h3-10H,11H2,1-2H3,(H,18,20). The second-order valence-corrected chi connectivity index (χ2v) is 9.12. The summed E-state index contributed by atoms with van der Waals surface area (Å²) >= 11 is 2.67. The molecular formula is C17H17N3O4S3. The summed E-state index contributed by atoms with van der Waals surface area (Å²) < 4.78 is 38.8. The first-order chi connectivity index (χ1) is 13.0. The van der Waals surface area contributed by atoms with E-state index in [-0.39, 0.29) is 15.8 Å². The van der Waals surface area contributed by atoms with Crippen LogP contribution < -0.4 is 14.2 Å². The first-order valence-electron chi connectivity index (χ1n) is 7.77. The molecule has 1 N–H and O–H groups in total. The zero-order valence-electron chi connectivity index (χ0n) is 14.6. The second kappa shape index (κ2) is 8.59. The lowest BCUT2D eigenvalue weighted by molar-refractivity contribution is 0.392. The quantitative estimate of drug-likeness (QED) is 0.553. The van der Waals surface area contributed by atoms with Gasteiger partial charge < -0.3 is 9.47 Å². The number of hydrogen-bond donors (Lipinski definition) is 1. The Morgan fingerprint density at radius 2 is 1.85 bits per heavy atom. The summed E-state index contributed by atoms with van der Waals surface area (Å²) in [7, 11) is -1.03. The lowest BCUT2D eigenvalue weighted by Gasteiger charge is -2.11. The summed E-state index contributed by atoms with van der Waals surface area (Å²) in [6.07, 6.45) is 0. The van der Waals surface area contributed by atoms with E-state index in [1.165, 1.54) is 49.5 Å². The van der Waals surface area contributed by atoms with Crippen LogP contribution in [0.25, 0.3) is 0 Å². The molecule has 0 aliphatic carbocycles. The Bertz CT molecular complexity index is 1010. The molecule has 0 fully saturated rings. The van der Waals surface area contributed by atoms with Crippen LogP contribution in [0.15, 0.2) is 57.8 Å². The van der Waals surface area contributed by atoms with Crippen LogP contribution in [0.2, 0.25) is 0 Å². The molecular weight excluding hydrogens is 406 g/mol. The highest BCUT2D eigenvalue weighted by Crippen LogP contribution is 2.32. The molecule has 0 bridgehead atoms. The van der Waals surface area contributed by atoms with Crippen molar-refractivity contribution in [1.82, 2.24) is 10.2 Å². The molecule has 0 radical (unpaired) electrons. The predicted molar refractivity (Wildman–Crippen MR) is 106 cm³/mol. The number of nitrogens with zero attached hydrogens (tertiary/aromatic N) is 2. The molecule has 10 heteroatoms. The summed E-state index contributed by atoms with van der Waals surface area (Å²) in [5.41, 5.74) is 1.15. The van der Waals surface area contributed by atoms with Crippen LogP contribution in [0.3, 0.4) is 0 Å². The zero-order chi connectivity index (χ0) is 19.3. The van der Waals surface area contributed by atoms with Crippen LogP contribution in [0.1, 0.15) is 5.56 Å². The first-order valence-corrected chi connectivity index (χ1v) is 11.1. The van der Waals surface area contributed by atoms with Crippen molar-refractivity contribution in [2.45, 2.75) is 15.0 Å². The highest BCUT2D eigenvalue weighted by Gasteiger charge is 2.22. The Labute approximate surface area is 165 Å². The van der Waals surface area contributed by atoms with E-state index in [0.717, 1.165) is 11.3 Å². The Kier molecular flexibility index (Phi) is 6.19.